The first-order valence-corrected chi connectivity index (χ1v) is 10.6. The highest BCUT2D eigenvalue weighted by Crippen LogP contribution is 2.33. The van der Waals surface area contributed by atoms with E-state index in [0.29, 0.717) is 18.4 Å². The molecule has 0 spiro atoms. The van der Waals surface area contributed by atoms with Gasteiger partial charge in [-0.3, -0.25) is 9.59 Å². The molecule has 1 aromatic heterocycles. The molecule has 0 atom stereocenters. The number of carbonyl (C=O) groups is 2. The van der Waals surface area contributed by atoms with Gasteiger partial charge in [0.2, 0.25) is 11.8 Å². The summed E-state index contributed by atoms with van der Waals surface area (Å²) in [5.41, 5.74) is 0.971. The van der Waals surface area contributed by atoms with Gasteiger partial charge in [0.25, 0.3) is 0 Å². The highest BCUT2D eigenvalue weighted by Gasteiger charge is 2.31. The Kier molecular flexibility index (Phi) is 5.06. The van der Waals surface area contributed by atoms with Crippen LogP contribution >= 0.6 is 11.3 Å². The summed E-state index contributed by atoms with van der Waals surface area (Å²) >= 11 is 1.70. The summed E-state index contributed by atoms with van der Waals surface area (Å²) in [5.74, 6) is 1.57. The maximum absolute atomic E-state index is 12.5. The first-order valence-electron chi connectivity index (χ1n) is 9.71. The second-order valence-corrected chi connectivity index (χ2v) is 8.64. The number of hydrogen-bond acceptors (Lipinski definition) is 4. The molecule has 136 valence electrons. The van der Waals surface area contributed by atoms with Crippen LogP contribution in [0.15, 0.2) is 5.38 Å². The van der Waals surface area contributed by atoms with Gasteiger partial charge in [-0.2, -0.15) is 0 Å². The first-order chi connectivity index (χ1) is 12.2. The number of likely N-dealkylation sites (tertiary alicyclic amines) is 1. The van der Waals surface area contributed by atoms with Crippen molar-refractivity contribution in [3.05, 3.63) is 16.1 Å². The Bertz CT molecular complexity index is 626. The number of carbonyl (C=O) groups excluding carboxylic acids is 2. The minimum atomic E-state index is 0.174. The number of nitrogens with one attached hydrogen (secondary N) is 1. The van der Waals surface area contributed by atoms with Crippen molar-refractivity contribution < 1.29 is 9.59 Å². The van der Waals surface area contributed by atoms with Gasteiger partial charge >= 0.3 is 0 Å². The van der Waals surface area contributed by atoms with Crippen molar-refractivity contribution in [3.8, 4) is 0 Å². The third-order valence-corrected chi connectivity index (χ3v) is 6.88. The Labute approximate surface area is 153 Å². The molecule has 0 radical (unpaired) electrons. The number of piperidine rings is 1. The molecule has 2 saturated carbocycles. The predicted octanol–water partition coefficient (Wildman–Crippen LogP) is 3.07. The Balaban J connectivity index is 1.26. The SMILES string of the molecule is O=C(NCc1csc(C2CCN(C(=O)C3CCCC3)CC2)n1)C1CC1. The average Bonchev–Trinajstić information content (AvgIpc) is 3.16. The highest BCUT2D eigenvalue weighted by molar-refractivity contribution is 7.09. The standard InChI is InChI=1S/C19H27N3O2S/c23-17(13-5-6-13)20-11-16-12-25-18(21-16)14-7-9-22(10-8-14)19(24)15-3-1-2-4-15/h12-15H,1-11H2,(H,20,23). The molecular formula is C19H27N3O2S. The van der Waals surface area contributed by atoms with Crippen LogP contribution in [-0.2, 0) is 16.1 Å². The lowest BCUT2D eigenvalue weighted by atomic mass is 9.96. The zero-order chi connectivity index (χ0) is 17.2. The molecule has 0 bridgehead atoms. The Morgan fingerprint density at radius 2 is 1.80 bits per heavy atom. The number of thiazole rings is 1. The molecule has 2 heterocycles. The Hall–Kier alpha value is -1.43. The summed E-state index contributed by atoms with van der Waals surface area (Å²) in [6.45, 7) is 2.28. The lowest BCUT2D eigenvalue weighted by Gasteiger charge is -2.32. The van der Waals surface area contributed by atoms with Crippen molar-refractivity contribution >= 4 is 23.2 Å². The molecule has 0 unspecified atom stereocenters. The molecule has 1 N–H and O–H groups in total. The van der Waals surface area contributed by atoms with Crippen LogP contribution in [0.4, 0.5) is 0 Å². The van der Waals surface area contributed by atoms with E-state index >= 15 is 0 Å². The van der Waals surface area contributed by atoms with Gasteiger partial charge in [0.05, 0.1) is 17.2 Å². The van der Waals surface area contributed by atoms with Gasteiger partial charge in [0, 0.05) is 36.2 Å². The molecule has 4 rings (SSSR count). The van der Waals surface area contributed by atoms with Crippen molar-refractivity contribution in [3.63, 3.8) is 0 Å². The van der Waals surface area contributed by atoms with Gasteiger partial charge in [-0.15, -0.1) is 11.3 Å². The fourth-order valence-corrected chi connectivity index (χ4v) is 5.03. The van der Waals surface area contributed by atoms with Crippen LogP contribution in [0.1, 0.15) is 68.0 Å². The van der Waals surface area contributed by atoms with Crippen LogP contribution in [0.3, 0.4) is 0 Å². The number of aromatic nitrogens is 1. The van der Waals surface area contributed by atoms with E-state index in [9.17, 15) is 9.59 Å². The lowest BCUT2D eigenvalue weighted by molar-refractivity contribution is -0.136. The quantitative estimate of drug-likeness (QED) is 0.877. The van der Waals surface area contributed by atoms with Crippen LogP contribution in [0.5, 0.6) is 0 Å². The van der Waals surface area contributed by atoms with Crippen molar-refractivity contribution in [1.82, 2.24) is 15.2 Å². The maximum Gasteiger partial charge on any atom is 0.225 e. The minimum absolute atomic E-state index is 0.174. The van der Waals surface area contributed by atoms with Gasteiger partial charge in [-0.05, 0) is 38.5 Å². The van der Waals surface area contributed by atoms with Gasteiger partial charge in [0.1, 0.15) is 0 Å². The molecule has 1 saturated heterocycles. The number of nitrogens with zero attached hydrogens (tertiary/aromatic N) is 2. The first kappa shape index (κ1) is 17.0. The van der Waals surface area contributed by atoms with Gasteiger partial charge in [0.15, 0.2) is 0 Å². The largest absolute Gasteiger partial charge is 0.350 e. The van der Waals surface area contributed by atoms with Gasteiger partial charge < -0.3 is 10.2 Å². The minimum Gasteiger partial charge on any atom is -0.350 e. The molecule has 6 heteroatoms. The summed E-state index contributed by atoms with van der Waals surface area (Å²) in [7, 11) is 0. The van der Waals surface area contributed by atoms with E-state index in [1.54, 1.807) is 11.3 Å². The number of amides is 2. The van der Waals surface area contributed by atoms with Crippen molar-refractivity contribution in [2.75, 3.05) is 13.1 Å². The summed E-state index contributed by atoms with van der Waals surface area (Å²) in [5, 5.41) is 6.22. The van der Waals surface area contributed by atoms with E-state index in [1.165, 1.54) is 17.8 Å². The molecule has 1 aromatic rings. The second kappa shape index (κ2) is 7.44. The van der Waals surface area contributed by atoms with Crippen molar-refractivity contribution in [1.29, 1.82) is 0 Å². The molecule has 0 aromatic carbocycles. The van der Waals surface area contributed by atoms with Crippen LogP contribution in [0, 0.1) is 11.8 Å². The Morgan fingerprint density at radius 3 is 2.48 bits per heavy atom. The third-order valence-electron chi connectivity index (χ3n) is 5.82. The lowest BCUT2D eigenvalue weighted by Crippen LogP contribution is -2.40. The second-order valence-electron chi connectivity index (χ2n) is 7.75. The molecule has 2 amide bonds. The summed E-state index contributed by atoms with van der Waals surface area (Å²) < 4.78 is 0. The van der Waals surface area contributed by atoms with Crippen LogP contribution in [-0.4, -0.2) is 34.8 Å². The Morgan fingerprint density at radius 1 is 1.08 bits per heavy atom. The summed E-state index contributed by atoms with van der Waals surface area (Å²) in [6, 6.07) is 0. The van der Waals surface area contributed by atoms with E-state index in [0.717, 1.165) is 57.3 Å². The molecule has 2 aliphatic carbocycles. The van der Waals surface area contributed by atoms with Crippen LogP contribution in [0.2, 0.25) is 0 Å². The maximum atomic E-state index is 12.5. The van der Waals surface area contributed by atoms with E-state index < -0.39 is 0 Å². The van der Waals surface area contributed by atoms with Crippen molar-refractivity contribution in [2.45, 2.75) is 63.8 Å². The smallest absolute Gasteiger partial charge is 0.225 e. The molecule has 3 aliphatic rings. The molecule has 25 heavy (non-hydrogen) atoms. The zero-order valence-corrected chi connectivity index (χ0v) is 15.5. The fraction of sp³-hybridized carbons (Fsp3) is 0.737. The molecule has 1 aliphatic heterocycles. The number of hydrogen-bond donors (Lipinski definition) is 1. The van der Waals surface area contributed by atoms with Crippen molar-refractivity contribution in [2.24, 2.45) is 11.8 Å². The normalized spacial score (nSPS) is 22.3. The fourth-order valence-electron chi connectivity index (χ4n) is 4.04. The van der Waals surface area contributed by atoms with Gasteiger partial charge in [-0.25, -0.2) is 4.98 Å². The van der Waals surface area contributed by atoms with E-state index in [2.05, 4.69) is 15.6 Å². The topological polar surface area (TPSA) is 62.3 Å². The van der Waals surface area contributed by atoms with E-state index in [-0.39, 0.29) is 17.7 Å². The molecule has 5 nitrogen and oxygen atoms in total. The average molecular weight is 362 g/mol. The molecular weight excluding hydrogens is 334 g/mol. The highest BCUT2D eigenvalue weighted by atomic mass is 32.1. The third kappa shape index (κ3) is 4.05. The van der Waals surface area contributed by atoms with Crippen LogP contribution < -0.4 is 5.32 Å². The zero-order valence-electron chi connectivity index (χ0n) is 14.7. The summed E-state index contributed by atoms with van der Waals surface area (Å²) in [4.78, 5) is 31.1. The van der Waals surface area contributed by atoms with E-state index in [1.807, 2.05) is 0 Å². The number of rotatable bonds is 5. The predicted molar refractivity (Wildman–Crippen MR) is 97.2 cm³/mol. The van der Waals surface area contributed by atoms with E-state index in [4.69, 9.17) is 4.98 Å². The molecule has 3 fully saturated rings. The van der Waals surface area contributed by atoms with Crippen LogP contribution in [0.25, 0.3) is 0 Å². The monoisotopic (exact) mass is 361 g/mol. The van der Waals surface area contributed by atoms with Gasteiger partial charge in [-0.1, -0.05) is 12.8 Å². The summed E-state index contributed by atoms with van der Waals surface area (Å²) in [6.07, 6.45) is 8.69.